The van der Waals surface area contributed by atoms with Crippen LogP contribution in [0.15, 0.2) is 41.5 Å². The van der Waals surface area contributed by atoms with Crippen LogP contribution in [0.2, 0.25) is 0 Å². The van der Waals surface area contributed by atoms with Crippen LogP contribution in [0, 0.1) is 6.92 Å². The molecule has 8 nitrogen and oxygen atoms in total. The smallest absolute Gasteiger partial charge is 0.274 e. The molecule has 33 heavy (non-hydrogen) atoms. The van der Waals surface area contributed by atoms with Crippen LogP contribution in [0.25, 0.3) is 11.1 Å². The number of rotatable bonds is 5. The molecule has 2 aliphatic heterocycles. The number of aryl methyl sites for hydroxylation is 1. The average molecular weight is 447 g/mol. The van der Waals surface area contributed by atoms with E-state index in [9.17, 15) is 9.59 Å². The Hall–Kier alpha value is -3.26. The summed E-state index contributed by atoms with van der Waals surface area (Å²) in [6, 6.07) is 7.49. The first-order valence-electron chi connectivity index (χ1n) is 11.8. The number of aromatic nitrogens is 4. The molecule has 0 unspecified atom stereocenters. The molecule has 1 N–H and O–H groups in total. The molecular formula is C25H30N6O2. The highest BCUT2D eigenvalue weighted by molar-refractivity contribution is 5.92. The third-order valence-electron chi connectivity index (χ3n) is 6.76. The zero-order chi connectivity index (χ0) is 22.8. The Balaban J connectivity index is 1.48. The van der Waals surface area contributed by atoms with Gasteiger partial charge in [0.05, 0.1) is 0 Å². The van der Waals surface area contributed by atoms with Gasteiger partial charge in [0, 0.05) is 61.9 Å². The molecule has 8 heteroatoms. The quantitative estimate of drug-likeness (QED) is 0.651. The van der Waals surface area contributed by atoms with Gasteiger partial charge in [-0.2, -0.15) is 5.10 Å². The van der Waals surface area contributed by atoms with Crippen LogP contribution in [0.5, 0.6) is 0 Å². The minimum Gasteiger partial charge on any atom is -0.332 e. The molecule has 1 fully saturated rings. The van der Waals surface area contributed by atoms with E-state index >= 15 is 0 Å². The van der Waals surface area contributed by atoms with Crippen molar-refractivity contribution in [3.8, 4) is 11.1 Å². The van der Waals surface area contributed by atoms with Gasteiger partial charge in [-0.25, -0.2) is 0 Å². The summed E-state index contributed by atoms with van der Waals surface area (Å²) in [4.78, 5) is 35.0. The normalized spacial score (nSPS) is 16.6. The lowest BCUT2D eigenvalue weighted by Crippen LogP contribution is -2.41. The van der Waals surface area contributed by atoms with Crippen LogP contribution in [-0.2, 0) is 19.5 Å². The van der Waals surface area contributed by atoms with E-state index in [1.165, 1.54) is 19.3 Å². The number of likely N-dealkylation sites (tertiary alicyclic amines) is 1. The van der Waals surface area contributed by atoms with Gasteiger partial charge in [0.1, 0.15) is 5.69 Å². The standard InChI is InChI=1S/C25H30N6O2/c1-18-15-22(28-27-18)25(33)30-12-7-23-20(17-30)16-21(19-5-8-26-9-6-19)24(32)31(23)14-13-29-10-3-2-4-11-29/h5-6,8-9,15-16H,2-4,7,10-14,17H2,1H3,(H,27,28). The molecule has 0 atom stereocenters. The predicted molar refractivity (Wildman–Crippen MR) is 126 cm³/mol. The number of nitrogens with one attached hydrogen (secondary N) is 1. The Morgan fingerprint density at radius 3 is 2.58 bits per heavy atom. The van der Waals surface area contributed by atoms with Crippen molar-refractivity contribution >= 4 is 5.91 Å². The lowest BCUT2D eigenvalue weighted by atomic mass is 9.99. The molecule has 0 aromatic carbocycles. The second kappa shape index (κ2) is 9.31. The monoisotopic (exact) mass is 446 g/mol. The van der Waals surface area contributed by atoms with Crippen molar-refractivity contribution in [3.05, 3.63) is 69.7 Å². The predicted octanol–water partition coefficient (Wildman–Crippen LogP) is 2.63. The maximum Gasteiger partial charge on any atom is 0.274 e. The van der Waals surface area contributed by atoms with Gasteiger partial charge in [0.2, 0.25) is 0 Å². The van der Waals surface area contributed by atoms with Crippen LogP contribution in [-0.4, -0.2) is 61.6 Å². The highest BCUT2D eigenvalue weighted by atomic mass is 16.2. The molecule has 3 aromatic rings. The number of nitrogens with zero attached hydrogens (tertiary/aromatic N) is 5. The summed E-state index contributed by atoms with van der Waals surface area (Å²) in [5.41, 5.74) is 4.95. The Bertz CT molecular complexity index is 1190. The summed E-state index contributed by atoms with van der Waals surface area (Å²) < 4.78 is 1.96. The number of aromatic amines is 1. The Kier molecular flexibility index (Phi) is 6.09. The molecule has 0 spiro atoms. The summed E-state index contributed by atoms with van der Waals surface area (Å²) in [7, 11) is 0. The molecule has 0 aliphatic carbocycles. The number of carbonyl (C=O) groups excluding carboxylic acids is 1. The largest absolute Gasteiger partial charge is 0.332 e. The number of fused-ring (bicyclic) bond motifs is 1. The van der Waals surface area contributed by atoms with Gasteiger partial charge in [-0.05, 0) is 68.2 Å². The van der Waals surface area contributed by atoms with Gasteiger partial charge in [0.25, 0.3) is 11.5 Å². The molecule has 2 aliphatic rings. The van der Waals surface area contributed by atoms with E-state index in [0.717, 1.165) is 42.1 Å². The topological polar surface area (TPSA) is 87.1 Å². The molecule has 3 aromatic heterocycles. The van der Waals surface area contributed by atoms with Crippen LogP contribution in [0.4, 0.5) is 0 Å². The van der Waals surface area contributed by atoms with Gasteiger partial charge in [-0.15, -0.1) is 0 Å². The average Bonchev–Trinajstić information content (AvgIpc) is 3.30. The van der Waals surface area contributed by atoms with Crippen LogP contribution >= 0.6 is 0 Å². The summed E-state index contributed by atoms with van der Waals surface area (Å²) in [6.07, 6.45) is 7.84. The zero-order valence-corrected chi connectivity index (χ0v) is 19.1. The maximum atomic E-state index is 13.6. The van der Waals surface area contributed by atoms with Crippen molar-refractivity contribution in [2.24, 2.45) is 0 Å². The van der Waals surface area contributed by atoms with Crippen LogP contribution in [0.3, 0.4) is 0 Å². The molecule has 5 rings (SSSR count). The zero-order valence-electron chi connectivity index (χ0n) is 19.1. The fourth-order valence-corrected chi connectivity index (χ4v) is 4.98. The maximum absolute atomic E-state index is 13.6. The minimum absolute atomic E-state index is 0.0414. The third kappa shape index (κ3) is 4.48. The van der Waals surface area contributed by atoms with E-state index in [4.69, 9.17) is 0 Å². The molecule has 1 saturated heterocycles. The second-order valence-corrected chi connectivity index (χ2v) is 9.04. The van der Waals surface area contributed by atoms with E-state index in [2.05, 4.69) is 20.1 Å². The fraction of sp³-hybridized carbons (Fsp3) is 0.440. The SMILES string of the molecule is Cc1cc(C(=O)N2CCc3c(cc(-c4ccncc4)c(=O)n3CCN3CCCCC3)C2)n[nH]1. The van der Waals surface area contributed by atoms with Crippen molar-refractivity contribution in [3.63, 3.8) is 0 Å². The number of piperidine rings is 1. The molecule has 0 saturated carbocycles. The Morgan fingerprint density at radius 1 is 1.06 bits per heavy atom. The summed E-state index contributed by atoms with van der Waals surface area (Å²) >= 11 is 0. The molecule has 172 valence electrons. The molecular weight excluding hydrogens is 416 g/mol. The molecule has 1 amide bonds. The minimum atomic E-state index is -0.0819. The van der Waals surface area contributed by atoms with Crippen LogP contribution in [0.1, 0.15) is 46.7 Å². The second-order valence-electron chi connectivity index (χ2n) is 9.04. The van der Waals surface area contributed by atoms with Crippen molar-refractivity contribution in [2.75, 3.05) is 26.2 Å². The van der Waals surface area contributed by atoms with E-state index in [-0.39, 0.29) is 11.5 Å². The first-order chi connectivity index (χ1) is 16.1. The number of hydrogen-bond acceptors (Lipinski definition) is 5. The van der Waals surface area contributed by atoms with E-state index < -0.39 is 0 Å². The molecule has 0 bridgehead atoms. The number of H-pyrrole nitrogens is 1. The lowest BCUT2D eigenvalue weighted by Gasteiger charge is -2.32. The lowest BCUT2D eigenvalue weighted by molar-refractivity contribution is 0.0725. The van der Waals surface area contributed by atoms with Gasteiger partial charge < -0.3 is 14.4 Å². The number of hydrogen-bond donors (Lipinski definition) is 1. The van der Waals surface area contributed by atoms with Crippen LogP contribution < -0.4 is 5.56 Å². The summed E-state index contributed by atoms with van der Waals surface area (Å²) in [5, 5.41) is 6.99. The van der Waals surface area contributed by atoms with E-state index in [0.29, 0.717) is 37.3 Å². The third-order valence-corrected chi connectivity index (χ3v) is 6.76. The fourth-order valence-electron chi connectivity index (χ4n) is 4.98. The van der Waals surface area contributed by atoms with Crippen molar-refractivity contribution < 1.29 is 4.79 Å². The van der Waals surface area contributed by atoms with Gasteiger partial charge in [-0.1, -0.05) is 6.42 Å². The van der Waals surface area contributed by atoms with Gasteiger partial charge >= 0.3 is 0 Å². The number of pyridine rings is 2. The van der Waals surface area contributed by atoms with E-state index in [1.54, 1.807) is 18.5 Å². The first-order valence-corrected chi connectivity index (χ1v) is 11.8. The number of carbonyl (C=O) groups is 1. The molecule has 0 radical (unpaired) electrons. The number of amides is 1. The summed E-state index contributed by atoms with van der Waals surface area (Å²) in [6.45, 7) is 6.70. The van der Waals surface area contributed by atoms with E-state index in [1.807, 2.05) is 34.6 Å². The van der Waals surface area contributed by atoms with Gasteiger partial charge in [-0.3, -0.25) is 19.7 Å². The Morgan fingerprint density at radius 2 is 1.85 bits per heavy atom. The summed E-state index contributed by atoms with van der Waals surface area (Å²) in [5.74, 6) is -0.0819. The van der Waals surface area contributed by atoms with Gasteiger partial charge in [0.15, 0.2) is 0 Å². The highest BCUT2D eigenvalue weighted by Gasteiger charge is 2.27. The molecule has 5 heterocycles. The van der Waals surface area contributed by atoms with Crippen molar-refractivity contribution in [1.82, 2.24) is 29.5 Å². The van der Waals surface area contributed by atoms with Crippen molar-refractivity contribution in [2.45, 2.75) is 45.7 Å². The highest BCUT2D eigenvalue weighted by Crippen LogP contribution is 2.24. The van der Waals surface area contributed by atoms with Crippen molar-refractivity contribution in [1.29, 1.82) is 0 Å². The first kappa shape index (κ1) is 21.6. The Labute approximate surface area is 193 Å².